The Kier molecular flexibility index (Phi) is 4.26. The third kappa shape index (κ3) is 3.31. The molecule has 0 unspecified atom stereocenters. The number of carbonyl (C=O) groups excluding carboxylic acids is 2. The van der Waals surface area contributed by atoms with Gasteiger partial charge in [0.15, 0.2) is 0 Å². The zero-order chi connectivity index (χ0) is 14.7. The number of anilines is 2. The van der Waals surface area contributed by atoms with Crippen LogP contribution in [0.1, 0.15) is 24.2 Å². The lowest BCUT2D eigenvalue weighted by Crippen LogP contribution is -2.26. The van der Waals surface area contributed by atoms with Crippen molar-refractivity contribution in [1.29, 1.82) is 0 Å². The molecule has 0 aromatic heterocycles. The molecule has 0 saturated heterocycles. The third-order valence-corrected chi connectivity index (χ3v) is 2.87. The van der Waals surface area contributed by atoms with E-state index >= 15 is 0 Å². The quantitative estimate of drug-likeness (QED) is 0.893. The lowest BCUT2D eigenvalue weighted by Gasteiger charge is -2.20. The maximum absolute atomic E-state index is 11.3. The van der Waals surface area contributed by atoms with E-state index in [0.29, 0.717) is 11.4 Å². The third-order valence-electron chi connectivity index (χ3n) is 2.87. The SMILES string of the molecule is CC(=O)N(C)c1cc(C(=O)O)cc(N(C)C(C)=O)c1. The summed E-state index contributed by atoms with van der Waals surface area (Å²) >= 11 is 0. The number of amides is 2. The number of hydrogen-bond acceptors (Lipinski definition) is 3. The second-order valence-corrected chi connectivity index (χ2v) is 4.20. The smallest absolute Gasteiger partial charge is 0.335 e. The molecule has 0 radical (unpaired) electrons. The minimum absolute atomic E-state index is 0.0219. The van der Waals surface area contributed by atoms with Crippen molar-refractivity contribution in [3.8, 4) is 0 Å². The van der Waals surface area contributed by atoms with E-state index in [1.807, 2.05) is 0 Å². The summed E-state index contributed by atoms with van der Waals surface area (Å²) in [6.45, 7) is 2.75. The van der Waals surface area contributed by atoms with Crippen LogP contribution in [0.25, 0.3) is 0 Å². The van der Waals surface area contributed by atoms with Crippen molar-refractivity contribution in [2.45, 2.75) is 13.8 Å². The molecule has 0 aliphatic carbocycles. The fourth-order valence-electron chi connectivity index (χ4n) is 1.47. The molecule has 102 valence electrons. The first-order valence-corrected chi connectivity index (χ1v) is 5.61. The van der Waals surface area contributed by atoms with Crippen molar-refractivity contribution in [2.24, 2.45) is 0 Å². The highest BCUT2D eigenvalue weighted by molar-refractivity contribution is 5.98. The maximum Gasteiger partial charge on any atom is 0.335 e. The minimum Gasteiger partial charge on any atom is -0.478 e. The van der Waals surface area contributed by atoms with Gasteiger partial charge in [0.25, 0.3) is 0 Å². The average molecular weight is 264 g/mol. The molecule has 6 heteroatoms. The number of carbonyl (C=O) groups is 3. The van der Waals surface area contributed by atoms with Crippen molar-refractivity contribution in [3.63, 3.8) is 0 Å². The molecular formula is C13H16N2O4. The predicted molar refractivity (Wildman–Crippen MR) is 71.6 cm³/mol. The molecule has 1 N–H and O–H groups in total. The monoisotopic (exact) mass is 264 g/mol. The predicted octanol–water partition coefficient (Wildman–Crippen LogP) is 1.35. The first-order valence-electron chi connectivity index (χ1n) is 5.61. The summed E-state index contributed by atoms with van der Waals surface area (Å²) in [6.07, 6.45) is 0. The molecule has 0 spiro atoms. The number of benzene rings is 1. The summed E-state index contributed by atoms with van der Waals surface area (Å²) in [5.74, 6) is -1.56. The van der Waals surface area contributed by atoms with Crippen LogP contribution >= 0.6 is 0 Å². The number of rotatable bonds is 3. The van der Waals surface area contributed by atoms with Crippen LogP contribution < -0.4 is 9.80 Å². The van der Waals surface area contributed by atoms with E-state index in [4.69, 9.17) is 5.11 Å². The van der Waals surface area contributed by atoms with Crippen LogP contribution in [0, 0.1) is 0 Å². The van der Waals surface area contributed by atoms with E-state index in [2.05, 4.69) is 0 Å². The highest BCUT2D eigenvalue weighted by Crippen LogP contribution is 2.24. The van der Waals surface area contributed by atoms with Gasteiger partial charge in [-0.1, -0.05) is 0 Å². The molecule has 0 heterocycles. The Morgan fingerprint density at radius 1 is 0.895 bits per heavy atom. The van der Waals surface area contributed by atoms with E-state index in [1.165, 1.54) is 35.8 Å². The standard InChI is InChI=1S/C13H16N2O4/c1-8(16)14(3)11-5-10(13(18)19)6-12(7-11)15(4)9(2)17/h5-7H,1-4H3,(H,18,19). The Bertz CT molecular complexity index is 501. The lowest BCUT2D eigenvalue weighted by molar-refractivity contribution is -0.117. The highest BCUT2D eigenvalue weighted by Gasteiger charge is 2.15. The average Bonchev–Trinajstić information content (AvgIpc) is 2.35. The van der Waals surface area contributed by atoms with Gasteiger partial charge in [0, 0.05) is 39.3 Å². The molecular weight excluding hydrogens is 248 g/mol. The number of aromatic carboxylic acids is 1. The van der Waals surface area contributed by atoms with Crippen molar-refractivity contribution in [1.82, 2.24) is 0 Å². The van der Waals surface area contributed by atoms with Gasteiger partial charge in [0.1, 0.15) is 0 Å². The van der Waals surface area contributed by atoms with Gasteiger partial charge in [-0.2, -0.15) is 0 Å². The Morgan fingerprint density at radius 3 is 1.53 bits per heavy atom. The van der Waals surface area contributed by atoms with E-state index < -0.39 is 5.97 Å². The Labute approximate surface area is 111 Å². The van der Waals surface area contributed by atoms with Gasteiger partial charge in [-0.25, -0.2) is 4.79 Å². The normalized spacial score (nSPS) is 9.89. The summed E-state index contributed by atoms with van der Waals surface area (Å²) in [5, 5.41) is 9.07. The molecule has 6 nitrogen and oxygen atoms in total. The van der Waals surface area contributed by atoms with E-state index in [9.17, 15) is 14.4 Å². The van der Waals surface area contributed by atoms with Crippen molar-refractivity contribution >= 4 is 29.2 Å². The van der Waals surface area contributed by atoms with Crippen LogP contribution in [0.3, 0.4) is 0 Å². The van der Waals surface area contributed by atoms with Gasteiger partial charge >= 0.3 is 5.97 Å². The molecule has 0 saturated carbocycles. The molecule has 0 fully saturated rings. The number of carboxylic acid groups (broad SMARTS) is 1. The first kappa shape index (κ1) is 14.7. The second kappa shape index (κ2) is 5.51. The molecule has 2 amide bonds. The van der Waals surface area contributed by atoms with E-state index in [-0.39, 0.29) is 17.4 Å². The van der Waals surface area contributed by atoms with Crippen molar-refractivity contribution in [3.05, 3.63) is 23.8 Å². The van der Waals surface area contributed by atoms with Gasteiger partial charge < -0.3 is 14.9 Å². The fraction of sp³-hybridized carbons (Fsp3) is 0.308. The summed E-state index contributed by atoms with van der Waals surface area (Å²) in [7, 11) is 3.09. The maximum atomic E-state index is 11.3. The number of nitrogens with zero attached hydrogens (tertiary/aromatic N) is 2. The van der Waals surface area contributed by atoms with Gasteiger partial charge in [-0.15, -0.1) is 0 Å². The van der Waals surface area contributed by atoms with Gasteiger partial charge in [0.2, 0.25) is 11.8 Å². The van der Waals surface area contributed by atoms with Gasteiger partial charge in [-0.05, 0) is 18.2 Å². The summed E-state index contributed by atoms with van der Waals surface area (Å²) in [4.78, 5) is 36.4. The second-order valence-electron chi connectivity index (χ2n) is 4.20. The number of hydrogen-bond donors (Lipinski definition) is 1. The van der Waals surface area contributed by atoms with E-state index in [1.54, 1.807) is 20.2 Å². The lowest BCUT2D eigenvalue weighted by atomic mass is 10.1. The number of carboxylic acids is 1. The van der Waals surface area contributed by atoms with Crippen LogP contribution in [-0.4, -0.2) is 37.0 Å². The molecule has 19 heavy (non-hydrogen) atoms. The topological polar surface area (TPSA) is 77.9 Å². The Morgan fingerprint density at radius 2 is 1.26 bits per heavy atom. The molecule has 0 bridgehead atoms. The summed E-state index contributed by atoms with van der Waals surface area (Å²) in [6, 6.07) is 4.37. The largest absolute Gasteiger partial charge is 0.478 e. The van der Waals surface area contributed by atoms with Crippen molar-refractivity contribution < 1.29 is 19.5 Å². The van der Waals surface area contributed by atoms with Crippen LogP contribution in [0.5, 0.6) is 0 Å². The molecule has 1 aromatic rings. The first-order chi connectivity index (χ1) is 8.73. The molecule has 0 aliphatic rings. The highest BCUT2D eigenvalue weighted by atomic mass is 16.4. The van der Waals surface area contributed by atoms with Crippen LogP contribution in [0.4, 0.5) is 11.4 Å². The van der Waals surface area contributed by atoms with Crippen molar-refractivity contribution in [2.75, 3.05) is 23.9 Å². The van der Waals surface area contributed by atoms with Crippen LogP contribution in [0.15, 0.2) is 18.2 Å². The van der Waals surface area contributed by atoms with Crippen LogP contribution in [-0.2, 0) is 9.59 Å². The zero-order valence-electron chi connectivity index (χ0n) is 11.3. The van der Waals surface area contributed by atoms with Crippen LogP contribution in [0.2, 0.25) is 0 Å². The summed E-state index contributed by atoms with van der Waals surface area (Å²) in [5.41, 5.74) is 0.875. The Balaban J connectivity index is 3.37. The molecule has 1 rings (SSSR count). The summed E-state index contributed by atoms with van der Waals surface area (Å²) < 4.78 is 0. The van der Waals surface area contributed by atoms with Gasteiger partial charge in [-0.3, -0.25) is 9.59 Å². The van der Waals surface area contributed by atoms with Gasteiger partial charge in [0.05, 0.1) is 5.56 Å². The molecule has 1 aromatic carbocycles. The zero-order valence-corrected chi connectivity index (χ0v) is 11.3. The molecule has 0 atom stereocenters. The fourth-order valence-corrected chi connectivity index (χ4v) is 1.47. The minimum atomic E-state index is -1.11. The molecule has 0 aliphatic heterocycles. The Hall–Kier alpha value is -2.37. The van der Waals surface area contributed by atoms with E-state index in [0.717, 1.165) is 0 Å².